The minimum Gasteiger partial charge on any atom is -0.246 e. The molecule has 0 atom stereocenters. The Balaban J connectivity index is 1.06. The van der Waals surface area contributed by atoms with Gasteiger partial charge < -0.3 is 0 Å². The number of benzene rings is 6. The third-order valence-corrected chi connectivity index (χ3v) is 9.10. The van der Waals surface area contributed by atoms with E-state index < -0.39 is 0 Å². The third kappa shape index (κ3) is 5.59. The first-order valence-corrected chi connectivity index (χ1v) is 16.7. The Hall–Kier alpha value is -6.78. The average Bonchev–Trinajstić information content (AvgIpc) is 3.21. The molecule has 0 saturated carbocycles. The molecule has 6 aromatic carbocycles. The number of pyridine rings is 2. The molecular formula is C46H30N4. The summed E-state index contributed by atoms with van der Waals surface area (Å²) in [5.74, 6) is 0.709. The van der Waals surface area contributed by atoms with Crippen LogP contribution >= 0.6 is 0 Å². The molecule has 0 fully saturated rings. The Morgan fingerprint density at radius 3 is 1.56 bits per heavy atom. The summed E-state index contributed by atoms with van der Waals surface area (Å²) in [6, 6.07) is 62.6. The van der Waals surface area contributed by atoms with Gasteiger partial charge in [0.1, 0.15) is 0 Å². The predicted octanol–water partition coefficient (Wildman–Crippen LogP) is 11.6. The van der Waals surface area contributed by atoms with Gasteiger partial charge in [0.05, 0.1) is 34.0 Å². The number of rotatable bonds is 6. The van der Waals surface area contributed by atoms with E-state index in [1.807, 2.05) is 42.5 Å². The second-order valence-electron chi connectivity index (χ2n) is 12.3. The zero-order valence-electron chi connectivity index (χ0n) is 27.1. The zero-order valence-corrected chi connectivity index (χ0v) is 27.1. The first-order valence-electron chi connectivity index (χ1n) is 16.7. The largest absolute Gasteiger partial charge is 0.246 e. The maximum atomic E-state index is 5.15. The van der Waals surface area contributed by atoms with Gasteiger partial charge in [0.15, 0.2) is 5.82 Å². The molecular weight excluding hydrogens is 609 g/mol. The van der Waals surface area contributed by atoms with Crippen LogP contribution in [0.15, 0.2) is 182 Å². The summed E-state index contributed by atoms with van der Waals surface area (Å²) in [6.07, 6.45) is 0. The van der Waals surface area contributed by atoms with Crippen molar-refractivity contribution in [1.29, 1.82) is 0 Å². The monoisotopic (exact) mass is 638 g/mol. The lowest BCUT2D eigenvalue weighted by molar-refractivity contribution is 1.18. The molecule has 0 unspecified atom stereocenters. The Morgan fingerprint density at radius 1 is 0.260 bits per heavy atom. The lowest BCUT2D eigenvalue weighted by Gasteiger charge is -2.11. The van der Waals surface area contributed by atoms with Crippen molar-refractivity contribution in [3.8, 4) is 67.7 Å². The molecule has 0 aliphatic carbocycles. The van der Waals surface area contributed by atoms with Gasteiger partial charge in [-0.25, -0.2) is 19.9 Å². The van der Waals surface area contributed by atoms with E-state index in [1.54, 1.807) is 0 Å². The van der Waals surface area contributed by atoms with Crippen molar-refractivity contribution in [3.05, 3.63) is 182 Å². The van der Waals surface area contributed by atoms with Crippen LogP contribution in [0.25, 0.3) is 89.4 Å². The van der Waals surface area contributed by atoms with Crippen molar-refractivity contribution in [2.75, 3.05) is 0 Å². The molecule has 4 heteroatoms. The topological polar surface area (TPSA) is 51.6 Å². The Kier molecular flexibility index (Phi) is 7.45. The molecule has 0 bridgehead atoms. The molecule has 0 N–H and O–H groups in total. The summed E-state index contributed by atoms with van der Waals surface area (Å²) in [6.45, 7) is 0. The van der Waals surface area contributed by atoms with Crippen LogP contribution in [-0.2, 0) is 0 Å². The number of hydrogen-bond donors (Lipinski definition) is 0. The van der Waals surface area contributed by atoms with Crippen LogP contribution in [0.2, 0.25) is 0 Å². The van der Waals surface area contributed by atoms with Crippen molar-refractivity contribution >= 4 is 21.7 Å². The van der Waals surface area contributed by atoms with E-state index in [2.05, 4.69) is 140 Å². The van der Waals surface area contributed by atoms with E-state index in [0.29, 0.717) is 5.82 Å². The molecule has 0 amide bonds. The maximum Gasteiger partial charge on any atom is 0.160 e. The molecule has 9 aromatic rings. The fourth-order valence-corrected chi connectivity index (χ4v) is 6.59. The lowest BCUT2D eigenvalue weighted by Crippen LogP contribution is -1.95. The number of aromatic nitrogens is 4. The standard InChI is InChI=1S/C46H30N4/c1-3-13-32(14-4-1)43-30-44(50-46(49-43)34-15-5-2-6-16-34)33-27-25-31(26-28-33)35-17-11-18-36(29-35)40-23-12-24-42(47-40)45-39-21-8-7-19-37(39)38-20-9-10-22-41(38)48-45/h1-30H. The fourth-order valence-electron chi connectivity index (χ4n) is 6.59. The van der Waals surface area contributed by atoms with Crippen LogP contribution in [0.3, 0.4) is 0 Å². The van der Waals surface area contributed by atoms with E-state index in [1.165, 1.54) is 5.39 Å². The molecule has 50 heavy (non-hydrogen) atoms. The molecule has 0 aliphatic heterocycles. The van der Waals surface area contributed by atoms with Gasteiger partial charge in [-0.15, -0.1) is 0 Å². The molecule has 234 valence electrons. The van der Waals surface area contributed by atoms with Crippen LogP contribution in [0, 0.1) is 0 Å². The van der Waals surface area contributed by atoms with Crippen molar-refractivity contribution < 1.29 is 0 Å². The summed E-state index contributed by atoms with van der Waals surface area (Å²) in [5, 5.41) is 3.43. The summed E-state index contributed by atoms with van der Waals surface area (Å²) in [4.78, 5) is 20.2. The van der Waals surface area contributed by atoms with Crippen LogP contribution in [0.5, 0.6) is 0 Å². The van der Waals surface area contributed by atoms with Gasteiger partial charge in [-0.2, -0.15) is 0 Å². The lowest BCUT2D eigenvalue weighted by atomic mass is 9.99. The Labute approximate surface area is 290 Å². The van der Waals surface area contributed by atoms with Crippen LogP contribution in [-0.4, -0.2) is 19.9 Å². The zero-order chi connectivity index (χ0) is 33.3. The smallest absolute Gasteiger partial charge is 0.160 e. The molecule has 3 aromatic heterocycles. The number of fused-ring (bicyclic) bond motifs is 3. The highest BCUT2D eigenvalue weighted by atomic mass is 14.9. The van der Waals surface area contributed by atoms with Crippen molar-refractivity contribution in [1.82, 2.24) is 19.9 Å². The van der Waals surface area contributed by atoms with Gasteiger partial charge in [0.2, 0.25) is 0 Å². The molecule has 0 spiro atoms. The van der Waals surface area contributed by atoms with Crippen LogP contribution in [0.4, 0.5) is 0 Å². The molecule has 0 saturated heterocycles. The number of nitrogens with zero attached hydrogens (tertiary/aromatic N) is 4. The van der Waals surface area contributed by atoms with Crippen molar-refractivity contribution in [2.24, 2.45) is 0 Å². The van der Waals surface area contributed by atoms with Gasteiger partial charge in [-0.05, 0) is 46.8 Å². The highest BCUT2D eigenvalue weighted by Crippen LogP contribution is 2.34. The molecule has 0 aliphatic rings. The minimum absolute atomic E-state index is 0.709. The summed E-state index contributed by atoms with van der Waals surface area (Å²) in [5.41, 5.74) is 11.8. The van der Waals surface area contributed by atoms with Gasteiger partial charge in [-0.1, -0.05) is 152 Å². The van der Waals surface area contributed by atoms with Crippen LogP contribution in [0.1, 0.15) is 0 Å². The third-order valence-electron chi connectivity index (χ3n) is 9.10. The van der Waals surface area contributed by atoms with Crippen molar-refractivity contribution in [2.45, 2.75) is 0 Å². The highest BCUT2D eigenvalue weighted by Gasteiger charge is 2.14. The second kappa shape index (κ2) is 12.7. The summed E-state index contributed by atoms with van der Waals surface area (Å²) < 4.78 is 0. The predicted molar refractivity (Wildman–Crippen MR) is 205 cm³/mol. The van der Waals surface area contributed by atoms with Gasteiger partial charge in [0.25, 0.3) is 0 Å². The van der Waals surface area contributed by atoms with Crippen molar-refractivity contribution in [3.63, 3.8) is 0 Å². The molecule has 9 rings (SSSR count). The first-order chi connectivity index (χ1) is 24.8. The summed E-state index contributed by atoms with van der Waals surface area (Å²) in [7, 11) is 0. The Bertz CT molecular complexity index is 2580. The van der Waals surface area contributed by atoms with Crippen LogP contribution < -0.4 is 0 Å². The first kappa shape index (κ1) is 29.4. The van der Waals surface area contributed by atoms with Gasteiger partial charge in [-0.3, -0.25) is 0 Å². The summed E-state index contributed by atoms with van der Waals surface area (Å²) >= 11 is 0. The highest BCUT2D eigenvalue weighted by molar-refractivity contribution is 6.10. The minimum atomic E-state index is 0.709. The Morgan fingerprint density at radius 2 is 0.800 bits per heavy atom. The van der Waals surface area contributed by atoms with E-state index in [0.717, 1.165) is 78.1 Å². The average molecular weight is 639 g/mol. The normalized spacial score (nSPS) is 11.2. The SMILES string of the molecule is c1ccc(-c2cc(-c3ccc(-c4cccc(-c5cccc(-c6nc7ccccc7c7ccccc67)n5)c4)cc3)nc(-c3ccccc3)n2)cc1. The maximum absolute atomic E-state index is 5.15. The molecule has 4 nitrogen and oxygen atoms in total. The fraction of sp³-hybridized carbons (Fsp3) is 0. The van der Waals surface area contributed by atoms with Gasteiger partial charge >= 0.3 is 0 Å². The molecule has 0 radical (unpaired) electrons. The van der Waals surface area contributed by atoms with E-state index in [4.69, 9.17) is 19.9 Å². The van der Waals surface area contributed by atoms with Gasteiger partial charge in [0, 0.05) is 33.0 Å². The second-order valence-corrected chi connectivity index (χ2v) is 12.3. The number of hydrogen-bond acceptors (Lipinski definition) is 4. The molecule has 3 heterocycles. The van der Waals surface area contributed by atoms with E-state index in [-0.39, 0.29) is 0 Å². The van der Waals surface area contributed by atoms with E-state index in [9.17, 15) is 0 Å². The van der Waals surface area contributed by atoms with E-state index >= 15 is 0 Å². The number of para-hydroxylation sites is 1. The quantitative estimate of drug-likeness (QED) is 0.170.